The van der Waals surface area contributed by atoms with Gasteiger partial charge >= 0.3 is 0 Å². The van der Waals surface area contributed by atoms with Crippen LogP contribution in [0.25, 0.3) is 0 Å². The molecule has 0 aliphatic carbocycles. The van der Waals surface area contributed by atoms with E-state index in [1.165, 1.54) is 5.56 Å². The molecule has 1 aliphatic rings. The summed E-state index contributed by atoms with van der Waals surface area (Å²) >= 11 is 0. The van der Waals surface area contributed by atoms with Gasteiger partial charge in [-0.1, -0.05) is 78.9 Å². The lowest BCUT2D eigenvalue weighted by molar-refractivity contribution is -0.253. The summed E-state index contributed by atoms with van der Waals surface area (Å²) in [5.74, 6) is -0.159. The molecule has 1 fully saturated rings. The Bertz CT molecular complexity index is 1380. The van der Waals surface area contributed by atoms with E-state index >= 15 is 0 Å². The van der Waals surface area contributed by atoms with E-state index in [9.17, 15) is 9.90 Å². The molecule has 2 N–H and O–H groups in total. The van der Waals surface area contributed by atoms with E-state index in [1.54, 1.807) is 24.5 Å². The second-order valence-corrected chi connectivity index (χ2v) is 10.5. The monoisotopic (exact) mass is 551 g/mol. The van der Waals surface area contributed by atoms with Crippen LogP contribution in [0, 0.1) is 0 Å². The SMILES string of the molecule is C[C@@H](c1ccccc1)N(C)C[C@@H]1C[C@H](c2ccc(CO)cc2)O[C@H](c2ccc(CNC(=O)c3cccnc3)cc2)O1. The van der Waals surface area contributed by atoms with Gasteiger partial charge in [-0.25, -0.2) is 0 Å². The molecular formula is C34H37N3O4. The average Bonchev–Trinajstić information content (AvgIpc) is 3.04. The molecule has 4 atom stereocenters. The van der Waals surface area contributed by atoms with Crippen LogP contribution in [0.15, 0.2) is 103 Å². The van der Waals surface area contributed by atoms with Gasteiger partial charge in [0.2, 0.25) is 0 Å². The van der Waals surface area contributed by atoms with Crippen molar-refractivity contribution in [1.29, 1.82) is 0 Å². The Labute approximate surface area is 241 Å². The van der Waals surface area contributed by atoms with E-state index in [0.29, 0.717) is 12.1 Å². The number of carbonyl (C=O) groups is 1. The molecule has 0 saturated carbocycles. The van der Waals surface area contributed by atoms with E-state index < -0.39 is 6.29 Å². The summed E-state index contributed by atoms with van der Waals surface area (Å²) in [5, 5.41) is 12.4. The lowest BCUT2D eigenvalue weighted by atomic mass is 9.99. The van der Waals surface area contributed by atoms with Crippen molar-refractivity contribution in [3.8, 4) is 0 Å². The molecule has 5 rings (SSSR count). The van der Waals surface area contributed by atoms with E-state index in [4.69, 9.17) is 9.47 Å². The predicted octanol–water partition coefficient (Wildman–Crippen LogP) is 5.74. The molecule has 7 nitrogen and oxygen atoms in total. The number of benzene rings is 3. The van der Waals surface area contributed by atoms with Crippen LogP contribution >= 0.6 is 0 Å². The van der Waals surface area contributed by atoms with Gasteiger partial charge in [-0.15, -0.1) is 0 Å². The molecule has 1 aromatic heterocycles. The number of likely N-dealkylation sites (N-methyl/N-ethyl adjacent to an activating group) is 1. The van der Waals surface area contributed by atoms with Crippen LogP contribution in [0.1, 0.15) is 70.0 Å². The van der Waals surface area contributed by atoms with Crippen LogP contribution in [-0.2, 0) is 22.6 Å². The van der Waals surface area contributed by atoms with Crippen molar-refractivity contribution >= 4 is 5.91 Å². The molecule has 2 heterocycles. The minimum absolute atomic E-state index is 0.0113. The Hall–Kier alpha value is -3.88. The molecule has 0 unspecified atom stereocenters. The number of aliphatic hydroxyl groups is 1. The van der Waals surface area contributed by atoms with Crippen LogP contribution < -0.4 is 5.32 Å². The minimum Gasteiger partial charge on any atom is -0.392 e. The van der Waals surface area contributed by atoms with Gasteiger partial charge in [-0.2, -0.15) is 0 Å². The number of hydrogen-bond donors (Lipinski definition) is 2. The first-order valence-corrected chi connectivity index (χ1v) is 14.0. The second-order valence-electron chi connectivity index (χ2n) is 10.5. The molecule has 41 heavy (non-hydrogen) atoms. The molecule has 0 bridgehead atoms. The summed E-state index contributed by atoms with van der Waals surface area (Å²) in [6.45, 7) is 3.38. The maximum atomic E-state index is 12.4. The number of nitrogens with one attached hydrogen (secondary N) is 1. The van der Waals surface area contributed by atoms with Gasteiger partial charge in [0.15, 0.2) is 6.29 Å². The van der Waals surface area contributed by atoms with Crippen molar-refractivity contribution < 1.29 is 19.4 Å². The Morgan fingerprint density at radius 3 is 2.34 bits per heavy atom. The second kappa shape index (κ2) is 13.7. The number of rotatable bonds is 10. The number of amides is 1. The van der Waals surface area contributed by atoms with Crippen molar-refractivity contribution in [2.24, 2.45) is 0 Å². The van der Waals surface area contributed by atoms with E-state index in [-0.39, 0.29) is 30.8 Å². The highest BCUT2D eigenvalue weighted by Gasteiger charge is 2.33. The molecule has 212 valence electrons. The van der Waals surface area contributed by atoms with Gasteiger partial charge in [0.05, 0.1) is 24.4 Å². The zero-order valence-electron chi connectivity index (χ0n) is 23.5. The largest absolute Gasteiger partial charge is 0.392 e. The first-order chi connectivity index (χ1) is 20.0. The first kappa shape index (κ1) is 28.6. The molecular weight excluding hydrogens is 514 g/mol. The number of aromatic nitrogens is 1. The van der Waals surface area contributed by atoms with Crippen LogP contribution in [0.4, 0.5) is 0 Å². The van der Waals surface area contributed by atoms with E-state index in [2.05, 4.69) is 53.4 Å². The standard InChI is InChI=1S/C34H37N3O4/c1-24(27-7-4-3-5-8-27)37(2)22-31-19-32(28-14-12-26(23-38)13-15-28)41-34(40-31)29-16-10-25(11-17-29)20-36-33(39)30-9-6-18-35-21-30/h3-18,21,24,31-32,34,38H,19-20,22-23H2,1-2H3,(H,36,39)/t24-,31-,32+,34+/m0/s1. The Morgan fingerprint density at radius 2 is 1.66 bits per heavy atom. The normalized spacial score (nSPS) is 19.6. The van der Waals surface area contributed by atoms with Crippen molar-refractivity contribution in [2.75, 3.05) is 13.6 Å². The third kappa shape index (κ3) is 7.45. The molecule has 1 aliphatic heterocycles. The van der Waals surface area contributed by atoms with Crippen molar-refractivity contribution in [2.45, 2.75) is 51.0 Å². The van der Waals surface area contributed by atoms with Crippen molar-refractivity contribution in [3.63, 3.8) is 0 Å². The van der Waals surface area contributed by atoms with Crippen LogP contribution in [0.5, 0.6) is 0 Å². The number of ether oxygens (including phenoxy) is 2. The fraction of sp³-hybridized carbons (Fsp3) is 0.294. The quantitative estimate of drug-likeness (QED) is 0.261. The molecule has 3 aromatic carbocycles. The van der Waals surface area contributed by atoms with Gasteiger partial charge in [0.25, 0.3) is 5.91 Å². The highest BCUT2D eigenvalue weighted by Crippen LogP contribution is 2.38. The van der Waals surface area contributed by atoms with Crippen molar-refractivity contribution in [3.05, 3.63) is 137 Å². The number of nitrogens with zero attached hydrogens (tertiary/aromatic N) is 2. The average molecular weight is 552 g/mol. The van der Waals surface area contributed by atoms with E-state index in [0.717, 1.165) is 35.2 Å². The van der Waals surface area contributed by atoms with Gasteiger partial charge in [-0.3, -0.25) is 14.7 Å². The molecule has 1 amide bonds. The number of carbonyl (C=O) groups excluding carboxylic acids is 1. The van der Waals surface area contributed by atoms with Crippen molar-refractivity contribution in [1.82, 2.24) is 15.2 Å². The molecule has 0 radical (unpaired) electrons. The summed E-state index contributed by atoms with van der Waals surface area (Å²) in [5.41, 5.74) is 5.63. The number of aliphatic hydroxyl groups excluding tert-OH is 1. The summed E-state index contributed by atoms with van der Waals surface area (Å²) in [6, 6.07) is 30.1. The fourth-order valence-corrected chi connectivity index (χ4v) is 5.07. The summed E-state index contributed by atoms with van der Waals surface area (Å²) < 4.78 is 13.0. The molecule has 1 saturated heterocycles. The fourth-order valence-electron chi connectivity index (χ4n) is 5.07. The lowest BCUT2D eigenvalue weighted by Gasteiger charge is -2.39. The highest BCUT2D eigenvalue weighted by molar-refractivity contribution is 5.93. The Morgan fingerprint density at radius 1 is 0.951 bits per heavy atom. The zero-order chi connectivity index (χ0) is 28.6. The molecule has 0 spiro atoms. The first-order valence-electron chi connectivity index (χ1n) is 14.0. The number of pyridine rings is 1. The molecule has 7 heteroatoms. The Balaban J connectivity index is 1.29. The predicted molar refractivity (Wildman–Crippen MR) is 158 cm³/mol. The third-order valence-corrected chi connectivity index (χ3v) is 7.68. The van der Waals surface area contributed by atoms with Crippen LogP contribution in [0.2, 0.25) is 0 Å². The summed E-state index contributed by atoms with van der Waals surface area (Å²) in [4.78, 5) is 18.7. The Kier molecular flexibility index (Phi) is 9.54. The number of hydrogen-bond acceptors (Lipinski definition) is 6. The van der Waals surface area contributed by atoms with Gasteiger partial charge in [-0.05, 0) is 48.4 Å². The smallest absolute Gasteiger partial charge is 0.253 e. The summed E-state index contributed by atoms with van der Waals surface area (Å²) in [7, 11) is 2.13. The lowest BCUT2D eigenvalue weighted by Crippen LogP contribution is -2.38. The zero-order valence-corrected chi connectivity index (χ0v) is 23.5. The van der Waals surface area contributed by atoms with Gasteiger partial charge < -0.3 is 19.9 Å². The van der Waals surface area contributed by atoms with Gasteiger partial charge in [0.1, 0.15) is 0 Å². The summed E-state index contributed by atoms with van der Waals surface area (Å²) in [6.07, 6.45) is 3.19. The van der Waals surface area contributed by atoms with Crippen LogP contribution in [0.3, 0.4) is 0 Å². The maximum absolute atomic E-state index is 12.4. The minimum atomic E-state index is -0.532. The van der Waals surface area contributed by atoms with Gasteiger partial charge in [0, 0.05) is 43.5 Å². The van der Waals surface area contributed by atoms with E-state index in [1.807, 2.05) is 54.6 Å². The van der Waals surface area contributed by atoms with Crippen LogP contribution in [-0.4, -0.2) is 40.6 Å². The maximum Gasteiger partial charge on any atom is 0.253 e. The third-order valence-electron chi connectivity index (χ3n) is 7.68. The molecule has 4 aromatic rings. The highest BCUT2D eigenvalue weighted by atomic mass is 16.7. The topological polar surface area (TPSA) is 83.9 Å².